The first kappa shape index (κ1) is 12.7. The van der Waals surface area contributed by atoms with Gasteiger partial charge in [0.1, 0.15) is 11.5 Å². The van der Waals surface area contributed by atoms with E-state index in [0.717, 1.165) is 23.5 Å². The number of anilines is 1. The van der Waals surface area contributed by atoms with Gasteiger partial charge in [-0.05, 0) is 31.2 Å². The van der Waals surface area contributed by atoms with Gasteiger partial charge in [0.2, 0.25) is 0 Å². The van der Waals surface area contributed by atoms with Crippen molar-refractivity contribution in [2.45, 2.75) is 13.5 Å². The van der Waals surface area contributed by atoms with Crippen LogP contribution in [-0.4, -0.2) is 13.3 Å². The zero-order valence-corrected chi connectivity index (χ0v) is 11.1. The van der Waals surface area contributed by atoms with Crippen LogP contribution in [0.3, 0.4) is 0 Å². The molecule has 0 radical (unpaired) electrons. The molecule has 0 saturated heterocycles. The highest BCUT2D eigenvalue weighted by atomic mass is 35.5. The maximum Gasteiger partial charge on any atom is 0.152 e. The van der Waals surface area contributed by atoms with E-state index >= 15 is 0 Å². The Morgan fingerprint density at radius 1 is 1.33 bits per heavy atom. The second kappa shape index (κ2) is 5.27. The summed E-state index contributed by atoms with van der Waals surface area (Å²) < 4.78 is 5.52. The SMILES string of the molecule is Cc1ccc(CN(C)c2c(Cl)cccc2C=O)o1. The van der Waals surface area contributed by atoms with Crippen LogP contribution in [0.2, 0.25) is 5.02 Å². The molecule has 0 fully saturated rings. The summed E-state index contributed by atoms with van der Waals surface area (Å²) in [7, 11) is 1.88. The summed E-state index contributed by atoms with van der Waals surface area (Å²) in [5.41, 5.74) is 1.30. The van der Waals surface area contributed by atoms with Crippen molar-refractivity contribution in [3.8, 4) is 0 Å². The van der Waals surface area contributed by atoms with Crippen LogP contribution in [0.1, 0.15) is 21.9 Å². The number of para-hydroxylation sites is 1. The summed E-state index contributed by atoms with van der Waals surface area (Å²) in [4.78, 5) is 12.9. The van der Waals surface area contributed by atoms with Crippen LogP contribution >= 0.6 is 11.6 Å². The number of aldehydes is 1. The van der Waals surface area contributed by atoms with E-state index in [-0.39, 0.29) is 0 Å². The normalized spacial score (nSPS) is 10.4. The standard InChI is InChI=1S/C14H14ClNO2/c1-10-6-7-12(18-10)8-16(2)14-11(9-17)4-3-5-13(14)15/h3-7,9H,8H2,1-2H3. The second-order valence-corrected chi connectivity index (χ2v) is 4.57. The molecule has 0 N–H and O–H groups in total. The Morgan fingerprint density at radius 3 is 2.72 bits per heavy atom. The molecule has 4 heteroatoms. The number of rotatable bonds is 4. The van der Waals surface area contributed by atoms with E-state index < -0.39 is 0 Å². The van der Waals surface area contributed by atoms with Gasteiger partial charge in [-0.3, -0.25) is 4.79 Å². The second-order valence-electron chi connectivity index (χ2n) is 4.16. The zero-order chi connectivity index (χ0) is 13.1. The van der Waals surface area contributed by atoms with Crippen LogP contribution in [0.25, 0.3) is 0 Å². The number of hydrogen-bond donors (Lipinski definition) is 0. The molecule has 2 rings (SSSR count). The molecule has 0 spiro atoms. The minimum absolute atomic E-state index is 0.561. The molecule has 0 unspecified atom stereocenters. The fourth-order valence-electron chi connectivity index (χ4n) is 1.91. The van der Waals surface area contributed by atoms with E-state index in [0.29, 0.717) is 17.1 Å². The zero-order valence-electron chi connectivity index (χ0n) is 10.3. The molecule has 0 bridgehead atoms. The topological polar surface area (TPSA) is 33.5 Å². The monoisotopic (exact) mass is 263 g/mol. The minimum Gasteiger partial charge on any atom is -0.464 e. The predicted molar refractivity (Wildman–Crippen MR) is 72.4 cm³/mol. The summed E-state index contributed by atoms with van der Waals surface area (Å²) in [6.07, 6.45) is 0.811. The maximum absolute atomic E-state index is 11.0. The third-order valence-electron chi connectivity index (χ3n) is 2.72. The average molecular weight is 264 g/mol. The third-order valence-corrected chi connectivity index (χ3v) is 3.02. The molecular formula is C14H14ClNO2. The highest BCUT2D eigenvalue weighted by Crippen LogP contribution is 2.29. The van der Waals surface area contributed by atoms with Crippen molar-refractivity contribution in [1.29, 1.82) is 0 Å². The smallest absolute Gasteiger partial charge is 0.152 e. The minimum atomic E-state index is 0.561. The summed E-state index contributed by atoms with van der Waals surface area (Å²) in [6.45, 7) is 2.47. The molecule has 18 heavy (non-hydrogen) atoms. The summed E-state index contributed by atoms with van der Waals surface area (Å²) >= 11 is 6.14. The first-order valence-electron chi connectivity index (χ1n) is 5.62. The fourth-order valence-corrected chi connectivity index (χ4v) is 2.24. The van der Waals surface area contributed by atoms with Crippen LogP contribution in [0.4, 0.5) is 5.69 Å². The van der Waals surface area contributed by atoms with Crippen LogP contribution in [0.15, 0.2) is 34.7 Å². The molecule has 0 aliphatic rings. The van der Waals surface area contributed by atoms with E-state index in [1.165, 1.54) is 0 Å². The van der Waals surface area contributed by atoms with Gasteiger partial charge in [0.15, 0.2) is 6.29 Å². The molecule has 0 aliphatic carbocycles. The van der Waals surface area contributed by atoms with Gasteiger partial charge in [0, 0.05) is 12.6 Å². The predicted octanol–water partition coefficient (Wildman–Crippen LogP) is 3.69. The van der Waals surface area contributed by atoms with Crippen molar-refractivity contribution >= 4 is 23.6 Å². The van der Waals surface area contributed by atoms with Crippen molar-refractivity contribution in [2.75, 3.05) is 11.9 Å². The lowest BCUT2D eigenvalue weighted by molar-refractivity contribution is 0.112. The highest BCUT2D eigenvalue weighted by Gasteiger charge is 2.12. The first-order valence-corrected chi connectivity index (χ1v) is 5.99. The number of benzene rings is 1. The molecule has 0 saturated carbocycles. The van der Waals surface area contributed by atoms with Gasteiger partial charge in [-0.1, -0.05) is 17.7 Å². The molecule has 1 aromatic heterocycles. The van der Waals surface area contributed by atoms with Crippen LogP contribution in [-0.2, 0) is 6.54 Å². The van der Waals surface area contributed by atoms with Crippen molar-refractivity contribution in [3.63, 3.8) is 0 Å². The number of carbonyl (C=O) groups is 1. The molecule has 1 heterocycles. The van der Waals surface area contributed by atoms with Crippen molar-refractivity contribution < 1.29 is 9.21 Å². The molecule has 2 aromatic rings. The van der Waals surface area contributed by atoms with E-state index in [9.17, 15) is 4.79 Å². The van der Waals surface area contributed by atoms with Gasteiger partial charge in [0.25, 0.3) is 0 Å². The van der Waals surface area contributed by atoms with Gasteiger partial charge < -0.3 is 9.32 Å². The highest BCUT2D eigenvalue weighted by molar-refractivity contribution is 6.33. The van der Waals surface area contributed by atoms with Gasteiger partial charge in [-0.15, -0.1) is 0 Å². The molecular weight excluding hydrogens is 250 g/mol. The largest absolute Gasteiger partial charge is 0.464 e. The molecule has 0 atom stereocenters. The lowest BCUT2D eigenvalue weighted by atomic mass is 10.2. The third kappa shape index (κ3) is 2.57. The quantitative estimate of drug-likeness (QED) is 0.789. The van der Waals surface area contributed by atoms with Crippen molar-refractivity contribution in [2.24, 2.45) is 0 Å². The van der Waals surface area contributed by atoms with Gasteiger partial charge in [-0.2, -0.15) is 0 Å². The number of hydrogen-bond acceptors (Lipinski definition) is 3. The van der Waals surface area contributed by atoms with Crippen molar-refractivity contribution in [1.82, 2.24) is 0 Å². The Labute approximate surface area is 111 Å². The Balaban J connectivity index is 2.28. The molecule has 3 nitrogen and oxygen atoms in total. The number of halogens is 1. The Morgan fingerprint density at radius 2 is 2.11 bits per heavy atom. The number of carbonyl (C=O) groups excluding carboxylic acids is 1. The summed E-state index contributed by atoms with van der Waals surface area (Å²) in [5, 5.41) is 0.561. The number of furan rings is 1. The molecule has 0 aliphatic heterocycles. The molecule has 1 aromatic carbocycles. The lowest BCUT2D eigenvalue weighted by Gasteiger charge is -2.21. The van der Waals surface area contributed by atoms with Gasteiger partial charge >= 0.3 is 0 Å². The van der Waals surface area contributed by atoms with E-state index in [2.05, 4.69) is 0 Å². The van der Waals surface area contributed by atoms with Crippen LogP contribution in [0.5, 0.6) is 0 Å². The number of nitrogens with zero attached hydrogens (tertiary/aromatic N) is 1. The number of aryl methyl sites for hydroxylation is 1. The molecule has 0 amide bonds. The summed E-state index contributed by atoms with van der Waals surface area (Å²) in [5.74, 6) is 1.71. The van der Waals surface area contributed by atoms with Crippen molar-refractivity contribution in [3.05, 3.63) is 52.4 Å². The first-order chi connectivity index (χ1) is 8.61. The lowest BCUT2D eigenvalue weighted by Crippen LogP contribution is -2.18. The fraction of sp³-hybridized carbons (Fsp3) is 0.214. The Kier molecular flexibility index (Phi) is 3.72. The average Bonchev–Trinajstić information content (AvgIpc) is 2.74. The van der Waals surface area contributed by atoms with E-state index in [4.69, 9.17) is 16.0 Å². The van der Waals surface area contributed by atoms with E-state index in [1.807, 2.05) is 31.0 Å². The van der Waals surface area contributed by atoms with Crippen LogP contribution in [0, 0.1) is 6.92 Å². The summed E-state index contributed by atoms with van der Waals surface area (Å²) in [6, 6.07) is 9.12. The Bertz CT molecular complexity index is 563. The Hall–Kier alpha value is -1.74. The van der Waals surface area contributed by atoms with Crippen LogP contribution < -0.4 is 4.90 Å². The van der Waals surface area contributed by atoms with Gasteiger partial charge in [0.05, 0.1) is 17.3 Å². The maximum atomic E-state index is 11.0. The van der Waals surface area contributed by atoms with E-state index in [1.54, 1.807) is 18.2 Å². The molecule has 94 valence electrons. The van der Waals surface area contributed by atoms with Gasteiger partial charge in [-0.25, -0.2) is 0 Å².